The molecule has 0 aliphatic rings. The van der Waals surface area contributed by atoms with E-state index in [1.165, 1.54) is 41.3 Å². The molecule has 0 aliphatic heterocycles. The Morgan fingerprint density at radius 1 is 1.16 bits per heavy atom. The molecule has 1 nitrogen and oxygen atoms in total. The summed E-state index contributed by atoms with van der Waals surface area (Å²) in [6, 6.07) is 9.37. The molecule has 0 aliphatic carbocycles. The Kier molecular flexibility index (Phi) is 7.44. The molecule has 0 unspecified atom stereocenters. The first kappa shape index (κ1) is 16.5. The molecule has 2 rings (SSSR count). The molecule has 1 heterocycles. The largest absolute Gasteiger partial charge is 0.314 e. The zero-order valence-electron chi connectivity index (χ0n) is 11.8. The van der Waals surface area contributed by atoms with Crippen molar-refractivity contribution in [3.63, 3.8) is 0 Å². The summed E-state index contributed by atoms with van der Waals surface area (Å²) in [5.41, 5.74) is 0. The zero-order valence-corrected chi connectivity index (χ0v) is 13.4. The third kappa shape index (κ3) is 4.48. The summed E-state index contributed by atoms with van der Waals surface area (Å²) in [6.45, 7) is 5.64. The average molecular weight is 298 g/mol. The number of thiophene rings is 1. The molecule has 2 aromatic rings. The molecule has 3 heteroatoms. The molecule has 1 atom stereocenters. The Balaban J connectivity index is 0.00000180. The summed E-state index contributed by atoms with van der Waals surface area (Å²) in [5.74, 6) is 0. The van der Waals surface area contributed by atoms with Gasteiger partial charge in [0.15, 0.2) is 0 Å². The van der Waals surface area contributed by atoms with Crippen molar-refractivity contribution in [1.29, 1.82) is 0 Å². The normalized spacial score (nSPS) is 12.3. The van der Waals surface area contributed by atoms with E-state index in [4.69, 9.17) is 0 Å². The average Bonchev–Trinajstić information content (AvgIpc) is 2.80. The van der Waals surface area contributed by atoms with E-state index in [0.717, 1.165) is 6.54 Å². The minimum absolute atomic E-state index is 0. The molecule has 0 spiro atoms. The number of hydrogen-bond acceptors (Lipinski definition) is 2. The van der Waals surface area contributed by atoms with Gasteiger partial charge in [0.05, 0.1) is 0 Å². The molecule has 0 radical (unpaired) electrons. The van der Waals surface area contributed by atoms with Gasteiger partial charge < -0.3 is 5.32 Å². The van der Waals surface area contributed by atoms with E-state index in [1.807, 2.05) is 11.3 Å². The summed E-state index contributed by atoms with van der Waals surface area (Å²) < 4.78 is 0. The Morgan fingerprint density at radius 2 is 1.95 bits per heavy atom. The molecule has 0 fully saturated rings. The van der Waals surface area contributed by atoms with Crippen LogP contribution in [0, 0.1) is 0 Å². The van der Waals surface area contributed by atoms with Crippen molar-refractivity contribution in [3.05, 3.63) is 34.5 Å². The van der Waals surface area contributed by atoms with Gasteiger partial charge in [0.2, 0.25) is 0 Å². The molecule has 106 valence electrons. The Labute approximate surface area is 126 Å². The van der Waals surface area contributed by atoms with Crippen LogP contribution < -0.4 is 5.32 Å². The zero-order chi connectivity index (χ0) is 12.8. The molecule has 0 saturated carbocycles. The standard InChI is InChI=1S/C16H23NS.ClH/c1-3-7-14(17-10-4-2)11-16-15-9-6-5-8-13(15)12-18-16;/h5-6,8-9,12,14,17H,3-4,7,10-11H2,1-2H3;1H/t14-;/m1./s1. The van der Waals surface area contributed by atoms with Gasteiger partial charge in [0.1, 0.15) is 0 Å². The van der Waals surface area contributed by atoms with Gasteiger partial charge in [-0.3, -0.25) is 0 Å². The van der Waals surface area contributed by atoms with Gasteiger partial charge in [-0.05, 0) is 42.0 Å². The molecule has 0 amide bonds. The summed E-state index contributed by atoms with van der Waals surface area (Å²) in [4.78, 5) is 1.53. The van der Waals surface area contributed by atoms with Gasteiger partial charge in [-0.1, -0.05) is 44.5 Å². The number of halogens is 1. The van der Waals surface area contributed by atoms with Crippen LogP contribution in [0.2, 0.25) is 0 Å². The lowest BCUT2D eigenvalue weighted by molar-refractivity contribution is 0.476. The second kappa shape index (κ2) is 8.57. The minimum Gasteiger partial charge on any atom is -0.314 e. The van der Waals surface area contributed by atoms with Crippen LogP contribution in [0.15, 0.2) is 29.6 Å². The molecular weight excluding hydrogens is 274 g/mol. The summed E-state index contributed by atoms with van der Waals surface area (Å²) in [7, 11) is 0. The van der Waals surface area contributed by atoms with Gasteiger partial charge in [0.25, 0.3) is 0 Å². The third-order valence-electron chi connectivity index (χ3n) is 3.34. The van der Waals surface area contributed by atoms with Crippen LogP contribution in [-0.4, -0.2) is 12.6 Å². The lowest BCUT2D eigenvalue weighted by Crippen LogP contribution is -2.31. The number of benzene rings is 1. The first-order chi connectivity index (χ1) is 8.85. The van der Waals surface area contributed by atoms with Crippen molar-refractivity contribution in [2.45, 2.75) is 45.6 Å². The van der Waals surface area contributed by atoms with Crippen LogP contribution in [0.5, 0.6) is 0 Å². The van der Waals surface area contributed by atoms with Gasteiger partial charge in [-0.25, -0.2) is 0 Å². The Hall–Kier alpha value is -0.570. The van der Waals surface area contributed by atoms with Crippen molar-refractivity contribution < 1.29 is 0 Å². The third-order valence-corrected chi connectivity index (χ3v) is 4.38. The number of fused-ring (bicyclic) bond motifs is 1. The van der Waals surface area contributed by atoms with E-state index in [2.05, 4.69) is 48.8 Å². The van der Waals surface area contributed by atoms with Crippen LogP contribution in [0.25, 0.3) is 10.8 Å². The van der Waals surface area contributed by atoms with E-state index < -0.39 is 0 Å². The highest BCUT2D eigenvalue weighted by Crippen LogP contribution is 2.27. The lowest BCUT2D eigenvalue weighted by atomic mass is 10.0. The highest BCUT2D eigenvalue weighted by atomic mass is 35.5. The van der Waals surface area contributed by atoms with E-state index in [9.17, 15) is 0 Å². The van der Waals surface area contributed by atoms with Gasteiger partial charge in [-0.15, -0.1) is 23.7 Å². The molecule has 0 saturated heterocycles. The van der Waals surface area contributed by atoms with Gasteiger partial charge in [0, 0.05) is 10.9 Å². The minimum atomic E-state index is 0. The van der Waals surface area contributed by atoms with Crippen LogP contribution in [0.4, 0.5) is 0 Å². The van der Waals surface area contributed by atoms with Gasteiger partial charge in [-0.2, -0.15) is 0 Å². The number of hydrogen-bond donors (Lipinski definition) is 1. The van der Waals surface area contributed by atoms with E-state index >= 15 is 0 Å². The van der Waals surface area contributed by atoms with Crippen LogP contribution in [0.1, 0.15) is 38.0 Å². The molecule has 1 aromatic carbocycles. The smallest absolute Gasteiger partial charge is 0.0139 e. The summed E-state index contributed by atoms with van der Waals surface area (Å²) in [6.07, 6.45) is 4.91. The second-order valence-electron chi connectivity index (χ2n) is 4.89. The van der Waals surface area contributed by atoms with E-state index in [0.29, 0.717) is 6.04 Å². The van der Waals surface area contributed by atoms with Crippen LogP contribution in [-0.2, 0) is 6.42 Å². The first-order valence-corrected chi connectivity index (χ1v) is 7.91. The predicted molar refractivity (Wildman–Crippen MR) is 89.8 cm³/mol. The summed E-state index contributed by atoms with van der Waals surface area (Å²) >= 11 is 1.91. The highest BCUT2D eigenvalue weighted by molar-refractivity contribution is 7.11. The Morgan fingerprint density at radius 3 is 2.68 bits per heavy atom. The van der Waals surface area contributed by atoms with Crippen molar-refractivity contribution in [2.24, 2.45) is 0 Å². The topological polar surface area (TPSA) is 12.0 Å². The SMILES string of the molecule is CCCN[C@H](CCC)Cc1scc2ccccc12.Cl. The first-order valence-electron chi connectivity index (χ1n) is 7.03. The summed E-state index contributed by atoms with van der Waals surface area (Å²) in [5, 5.41) is 8.80. The molecule has 1 N–H and O–H groups in total. The van der Waals surface area contributed by atoms with Gasteiger partial charge >= 0.3 is 0 Å². The molecule has 0 bridgehead atoms. The predicted octanol–water partition coefficient (Wildman–Crippen LogP) is 5.03. The quantitative estimate of drug-likeness (QED) is 0.755. The van der Waals surface area contributed by atoms with Crippen molar-refractivity contribution in [3.8, 4) is 0 Å². The van der Waals surface area contributed by atoms with Crippen LogP contribution in [0.3, 0.4) is 0 Å². The monoisotopic (exact) mass is 297 g/mol. The fourth-order valence-corrected chi connectivity index (χ4v) is 3.49. The lowest BCUT2D eigenvalue weighted by Gasteiger charge is -2.17. The highest BCUT2D eigenvalue weighted by Gasteiger charge is 2.11. The maximum absolute atomic E-state index is 3.68. The van der Waals surface area contributed by atoms with E-state index in [1.54, 1.807) is 0 Å². The second-order valence-corrected chi connectivity index (χ2v) is 5.85. The van der Waals surface area contributed by atoms with Crippen molar-refractivity contribution in [2.75, 3.05) is 6.54 Å². The van der Waals surface area contributed by atoms with E-state index in [-0.39, 0.29) is 12.4 Å². The maximum Gasteiger partial charge on any atom is 0.0139 e. The number of nitrogens with one attached hydrogen (secondary N) is 1. The van der Waals surface area contributed by atoms with Crippen molar-refractivity contribution >= 4 is 34.5 Å². The number of rotatable bonds is 7. The Bertz CT molecular complexity index is 480. The maximum atomic E-state index is 3.68. The van der Waals surface area contributed by atoms with Crippen molar-refractivity contribution in [1.82, 2.24) is 5.32 Å². The van der Waals surface area contributed by atoms with Crippen LogP contribution >= 0.6 is 23.7 Å². The molecule has 1 aromatic heterocycles. The molecule has 19 heavy (non-hydrogen) atoms. The fourth-order valence-electron chi connectivity index (χ4n) is 2.41. The fraction of sp³-hybridized carbons (Fsp3) is 0.500. The molecular formula is C16H24ClNS.